The minimum Gasteiger partial charge on any atom is -0.496 e. The summed E-state index contributed by atoms with van der Waals surface area (Å²) >= 11 is 0. The Balaban J connectivity index is 2.13. The number of para-hydroxylation sites is 1. The van der Waals surface area contributed by atoms with Crippen molar-refractivity contribution in [1.29, 1.82) is 0 Å². The number of rotatable bonds is 6. The van der Waals surface area contributed by atoms with Crippen LogP contribution in [-0.2, 0) is 17.8 Å². The number of nitrogens with zero attached hydrogens (tertiary/aromatic N) is 1. The Morgan fingerprint density at radius 3 is 2.32 bits per heavy atom. The number of carbonyl (C=O) groups is 1. The Hall–Kier alpha value is -2.29. The van der Waals surface area contributed by atoms with Crippen LogP contribution in [0.3, 0.4) is 0 Å². The minimum atomic E-state index is 0.114. The van der Waals surface area contributed by atoms with Gasteiger partial charge in [0.2, 0.25) is 5.91 Å². The van der Waals surface area contributed by atoms with Gasteiger partial charge in [-0.3, -0.25) is 4.79 Å². The maximum Gasteiger partial charge on any atom is 0.227 e. The first-order valence-corrected chi connectivity index (χ1v) is 7.57. The maximum absolute atomic E-state index is 12.7. The second kappa shape index (κ2) is 7.64. The lowest BCUT2D eigenvalue weighted by molar-refractivity contribution is -0.132. The van der Waals surface area contributed by atoms with Crippen LogP contribution in [0.1, 0.15) is 25.0 Å². The first kappa shape index (κ1) is 16.1. The van der Waals surface area contributed by atoms with Gasteiger partial charge >= 0.3 is 0 Å². The van der Waals surface area contributed by atoms with Crippen molar-refractivity contribution in [2.45, 2.75) is 32.9 Å². The van der Waals surface area contributed by atoms with E-state index in [9.17, 15) is 4.79 Å². The van der Waals surface area contributed by atoms with Gasteiger partial charge in [-0.2, -0.15) is 0 Å². The van der Waals surface area contributed by atoms with Crippen LogP contribution in [0.5, 0.6) is 5.75 Å². The van der Waals surface area contributed by atoms with Crippen LogP contribution >= 0.6 is 0 Å². The highest BCUT2D eigenvalue weighted by Gasteiger charge is 2.19. The fourth-order valence-corrected chi connectivity index (χ4v) is 2.45. The van der Waals surface area contributed by atoms with E-state index in [1.54, 1.807) is 7.11 Å². The first-order valence-electron chi connectivity index (χ1n) is 7.57. The molecule has 0 aliphatic heterocycles. The van der Waals surface area contributed by atoms with Crippen molar-refractivity contribution in [3.8, 4) is 5.75 Å². The zero-order valence-electron chi connectivity index (χ0n) is 13.5. The predicted molar refractivity (Wildman–Crippen MR) is 88.8 cm³/mol. The van der Waals surface area contributed by atoms with Gasteiger partial charge in [0.25, 0.3) is 0 Å². The molecule has 2 aromatic carbocycles. The Bertz CT molecular complexity index is 608. The van der Waals surface area contributed by atoms with E-state index in [-0.39, 0.29) is 11.9 Å². The van der Waals surface area contributed by atoms with Gasteiger partial charge < -0.3 is 9.64 Å². The summed E-state index contributed by atoms with van der Waals surface area (Å²) in [5.74, 6) is 0.877. The van der Waals surface area contributed by atoms with Gasteiger partial charge in [-0.25, -0.2) is 0 Å². The number of carbonyl (C=O) groups excluding carboxylic acids is 1. The summed E-state index contributed by atoms with van der Waals surface area (Å²) in [6.07, 6.45) is 0.356. The van der Waals surface area contributed by atoms with Crippen LogP contribution in [0.4, 0.5) is 0 Å². The van der Waals surface area contributed by atoms with E-state index in [4.69, 9.17) is 4.74 Å². The third-order valence-corrected chi connectivity index (χ3v) is 3.67. The highest BCUT2D eigenvalue weighted by Crippen LogP contribution is 2.19. The molecule has 0 heterocycles. The molecule has 0 spiro atoms. The number of benzene rings is 2. The van der Waals surface area contributed by atoms with Crippen LogP contribution < -0.4 is 4.74 Å². The van der Waals surface area contributed by atoms with E-state index in [2.05, 4.69) is 0 Å². The molecule has 0 atom stereocenters. The van der Waals surface area contributed by atoms with E-state index in [1.165, 1.54) is 0 Å². The molecular formula is C19H23NO2. The molecule has 0 saturated heterocycles. The molecule has 22 heavy (non-hydrogen) atoms. The summed E-state index contributed by atoms with van der Waals surface area (Å²) in [5, 5.41) is 0. The third kappa shape index (κ3) is 4.10. The minimum absolute atomic E-state index is 0.114. The van der Waals surface area contributed by atoms with Gasteiger partial charge in [0.15, 0.2) is 0 Å². The molecule has 0 unspecified atom stereocenters. The van der Waals surface area contributed by atoms with Gasteiger partial charge in [-0.1, -0.05) is 48.5 Å². The van der Waals surface area contributed by atoms with E-state index in [1.807, 2.05) is 73.3 Å². The summed E-state index contributed by atoms with van der Waals surface area (Å²) in [7, 11) is 1.63. The summed E-state index contributed by atoms with van der Waals surface area (Å²) in [4.78, 5) is 14.6. The van der Waals surface area contributed by atoms with E-state index in [0.717, 1.165) is 16.9 Å². The number of hydrogen-bond donors (Lipinski definition) is 0. The number of hydrogen-bond acceptors (Lipinski definition) is 2. The molecule has 0 radical (unpaired) electrons. The second-order valence-electron chi connectivity index (χ2n) is 5.59. The lowest BCUT2D eigenvalue weighted by Gasteiger charge is -2.27. The van der Waals surface area contributed by atoms with Crippen LogP contribution in [-0.4, -0.2) is 24.0 Å². The molecule has 0 aromatic heterocycles. The van der Waals surface area contributed by atoms with Gasteiger partial charge in [0, 0.05) is 18.2 Å². The van der Waals surface area contributed by atoms with Crippen LogP contribution in [0.2, 0.25) is 0 Å². The lowest BCUT2D eigenvalue weighted by atomic mass is 10.1. The zero-order chi connectivity index (χ0) is 15.9. The smallest absolute Gasteiger partial charge is 0.227 e. The third-order valence-electron chi connectivity index (χ3n) is 3.67. The molecule has 0 aliphatic carbocycles. The van der Waals surface area contributed by atoms with Crippen molar-refractivity contribution >= 4 is 5.91 Å². The van der Waals surface area contributed by atoms with Crippen LogP contribution in [0.15, 0.2) is 54.6 Å². The molecule has 2 rings (SSSR count). The summed E-state index contributed by atoms with van der Waals surface area (Å²) in [5.41, 5.74) is 2.07. The van der Waals surface area contributed by atoms with E-state index < -0.39 is 0 Å². The van der Waals surface area contributed by atoms with E-state index in [0.29, 0.717) is 13.0 Å². The first-order chi connectivity index (χ1) is 10.6. The van der Waals surface area contributed by atoms with Gasteiger partial charge in [-0.05, 0) is 25.5 Å². The monoisotopic (exact) mass is 297 g/mol. The Kier molecular flexibility index (Phi) is 5.59. The van der Waals surface area contributed by atoms with Crippen LogP contribution in [0, 0.1) is 0 Å². The standard InChI is InChI=1S/C19H23NO2/c1-15(2)20(14-16-9-5-4-6-10-16)19(21)13-17-11-7-8-12-18(17)22-3/h4-12,15H,13-14H2,1-3H3. The number of methoxy groups -OCH3 is 1. The average molecular weight is 297 g/mol. The van der Waals surface area contributed by atoms with Gasteiger partial charge in [-0.15, -0.1) is 0 Å². The van der Waals surface area contributed by atoms with Crippen molar-refractivity contribution < 1.29 is 9.53 Å². The average Bonchev–Trinajstić information content (AvgIpc) is 2.53. The molecule has 0 bridgehead atoms. The van der Waals surface area contributed by atoms with E-state index >= 15 is 0 Å². The molecule has 1 amide bonds. The predicted octanol–water partition coefficient (Wildman–Crippen LogP) is 3.67. The van der Waals surface area contributed by atoms with Crippen molar-refractivity contribution in [3.63, 3.8) is 0 Å². The van der Waals surface area contributed by atoms with Crippen LogP contribution in [0.25, 0.3) is 0 Å². The molecule has 3 heteroatoms. The lowest BCUT2D eigenvalue weighted by Crippen LogP contribution is -2.37. The molecule has 0 aliphatic rings. The molecule has 0 saturated carbocycles. The van der Waals surface area contributed by atoms with Crippen molar-refractivity contribution in [2.24, 2.45) is 0 Å². The Morgan fingerprint density at radius 1 is 1.05 bits per heavy atom. The molecule has 0 fully saturated rings. The van der Waals surface area contributed by atoms with Crippen molar-refractivity contribution in [3.05, 3.63) is 65.7 Å². The van der Waals surface area contributed by atoms with Crippen molar-refractivity contribution in [2.75, 3.05) is 7.11 Å². The summed E-state index contributed by atoms with van der Waals surface area (Å²) in [6.45, 7) is 4.72. The topological polar surface area (TPSA) is 29.5 Å². The normalized spacial score (nSPS) is 10.5. The number of ether oxygens (including phenoxy) is 1. The summed E-state index contributed by atoms with van der Waals surface area (Å²) in [6, 6.07) is 17.9. The quantitative estimate of drug-likeness (QED) is 0.814. The van der Waals surface area contributed by atoms with Crippen molar-refractivity contribution in [1.82, 2.24) is 4.90 Å². The van der Waals surface area contributed by atoms with Gasteiger partial charge in [0.05, 0.1) is 13.5 Å². The highest BCUT2D eigenvalue weighted by molar-refractivity contribution is 5.79. The van der Waals surface area contributed by atoms with Gasteiger partial charge in [0.1, 0.15) is 5.75 Å². The number of amides is 1. The fourth-order valence-electron chi connectivity index (χ4n) is 2.45. The summed E-state index contributed by atoms with van der Waals surface area (Å²) < 4.78 is 5.33. The SMILES string of the molecule is COc1ccccc1CC(=O)N(Cc1ccccc1)C(C)C. The second-order valence-corrected chi connectivity index (χ2v) is 5.59. The molecule has 3 nitrogen and oxygen atoms in total. The Labute approximate surface area is 132 Å². The zero-order valence-corrected chi connectivity index (χ0v) is 13.5. The fraction of sp³-hybridized carbons (Fsp3) is 0.316. The highest BCUT2D eigenvalue weighted by atomic mass is 16.5. The maximum atomic E-state index is 12.7. The molecular weight excluding hydrogens is 274 g/mol. The molecule has 116 valence electrons. The molecule has 2 aromatic rings. The molecule has 0 N–H and O–H groups in total. The Morgan fingerprint density at radius 2 is 1.68 bits per heavy atom. The largest absolute Gasteiger partial charge is 0.496 e.